The minimum Gasteiger partial charge on any atom is -0.462 e. The van der Waals surface area contributed by atoms with Crippen molar-refractivity contribution in [1.29, 1.82) is 0 Å². The Bertz CT molecular complexity index is 954. The second-order valence-electron chi connectivity index (χ2n) is 18.3. The molecule has 4 rings (SSSR count). The van der Waals surface area contributed by atoms with Crippen LogP contribution in [0, 0.1) is 46.3 Å². The van der Waals surface area contributed by atoms with Crippen LogP contribution in [0.4, 0.5) is 0 Å². The van der Waals surface area contributed by atoms with Crippen molar-refractivity contribution in [3.63, 3.8) is 0 Å². The molecule has 0 amide bonds. The minimum atomic E-state index is 0.0978. The summed E-state index contributed by atoms with van der Waals surface area (Å²) in [6.07, 6.45) is 37.0. The molecule has 3 fully saturated rings. The summed E-state index contributed by atoms with van der Waals surface area (Å²) in [7, 11) is 0. The van der Waals surface area contributed by atoms with Gasteiger partial charge >= 0.3 is 5.97 Å². The van der Waals surface area contributed by atoms with E-state index < -0.39 is 0 Å². The fourth-order valence-corrected chi connectivity index (χ4v) is 11.7. The lowest BCUT2D eigenvalue weighted by atomic mass is 9.46. The van der Waals surface area contributed by atoms with Gasteiger partial charge in [0, 0.05) is 18.4 Å². The maximum atomic E-state index is 13.6. The average molecular weight is 669 g/mol. The molecule has 0 saturated heterocycles. The molecule has 1 unspecified atom stereocenters. The van der Waals surface area contributed by atoms with Crippen LogP contribution in [0.25, 0.3) is 0 Å². The number of unbranched alkanes of at least 4 members (excludes halogenated alkanes) is 14. The minimum absolute atomic E-state index is 0.0978. The number of carbonyl (C=O) groups is 1. The quantitative estimate of drug-likeness (QED) is 0.0669. The van der Waals surface area contributed by atoms with Crippen LogP contribution in [0.5, 0.6) is 0 Å². The van der Waals surface area contributed by atoms with Gasteiger partial charge in [0.15, 0.2) is 0 Å². The third-order valence-corrected chi connectivity index (χ3v) is 14.6. The van der Waals surface area contributed by atoms with Gasteiger partial charge in [-0.15, -0.1) is 0 Å². The lowest BCUT2D eigenvalue weighted by Crippen LogP contribution is -2.57. The zero-order valence-corrected chi connectivity index (χ0v) is 32.7. The third kappa shape index (κ3) is 10.6. The summed E-state index contributed by atoms with van der Waals surface area (Å²) in [5.74, 6) is 4.44. The van der Waals surface area contributed by atoms with Crippen molar-refractivity contribution in [1.82, 2.24) is 0 Å². The van der Waals surface area contributed by atoms with Crippen molar-refractivity contribution in [2.24, 2.45) is 46.3 Å². The SMILES string of the molecule is CC(C)CCC[C@@H](C)[C@H]1CC[C@H]2[C@@H]3CC=C4CCCC[C@]4(C)[C@H]3CC(OC(=O)CCCCCCCCCCCCCCCCCO)[C@]12C. The highest BCUT2D eigenvalue weighted by molar-refractivity contribution is 5.69. The van der Waals surface area contributed by atoms with E-state index in [0.717, 1.165) is 31.1 Å². The van der Waals surface area contributed by atoms with E-state index in [1.807, 2.05) is 0 Å². The molecule has 0 radical (unpaired) electrons. The largest absolute Gasteiger partial charge is 0.462 e. The maximum Gasteiger partial charge on any atom is 0.306 e. The molecule has 0 heterocycles. The highest BCUT2D eigenvalue weighted by atomic mass is 16.5. The van der Waals surface area contributed by atoms with Crippen molar-refractivity contribution >= 4 is 5.97 Å². The first kappa shape index (κ1) is 39.9. The van der Waals surface area contributed by atoms with Crippen molar-refractivity contribution < 1.29 is 14.6 Å². The third-order valence-electron chi connectivity index (χ3n) is 14.6. The first-order valence-corrected chi connectivity index (χ1v) is 21.7. The number of hydrogen-bond acceptors (Lipinski definition) is 3. The Morgan fingerprint density at radius 2 is 1.40 bits per heavy atom. The number of ether oxygens (including phenoxy) is 1. The standard InChI is InChI=1S/C45H80O3/c1-35(2)24-23-25-36(3)39-30-31-40-38-29-28-37-26-20-21-32-44(37,4)41(38)34-42(45(39,40)5)48-43(47)27-19-17-15-13-11-9-7-6-8-10-12-14-16-18-22-33-46/h28,35-36,38-42,46H,6-27,29-34H2,1-5H3/t36-,38+,39-,40+,41+,42?,44+,45-/m1/s1. The van der Waals surface area contributed by atoms with Crippen molar-refractivity contribution in [2.75, 3.05) is 6.61 Å². The molecule has 0 spiro atoms. The maximum absolute atomic E-state index is 13.6. The van der Waals surface area contributed by atoms with Gasteiger partial charge in [0.05, 0.1) is 0 Å². The molecule has 1 N–H and O–H groups in total. The molecule has 3 nitrogen and oxygen atoms in total. The molecule has 4 aliphatic carbocycles. The number of rotatable bonds is 23. The van der Waals surface area contributed by atoms with E-state index in [1.54, 1.807) is 5.57 Å². The molecule has 0 aromatic heterocycles. The van der Waals surface area contributed by atoms with E-state index >= 15 is 0 Å². The van der Waals surface area contributed by atoms with Crippen molar-refractivity contribution in [3.05, 3.63) is 11.6 Å². The fourth-order valence-electron chi connectivity index (χ4n) is 11.7. The van der Waals surface area contributed by atoms with Crippen LogP contribution in [0.2, 0.25) is 0 Å². The summed E-state index contributed by atoms with van der Waals surface area (Å²) < 4.78 is 6.76. The molecule has 278 valence electrons. The topological polar surface area (TPSA) is 46.5 Å². The van der Waals surface area contributed by atoms with Gasteiger partial charge < -0.3 is 9.84 Å². The van der Waals surface area contributed by atoms with Gasteiger partial charge in [0.1, 0.15) is 6.10 Å². The predicted molar refractivity (Wildman–Crippen MR) is 204 cm³/mol. The zero-order valence-electron chi connectivity index (χ0n) is 32.7. The Labute approximate surface area is 298 Å². The van der Waals surface area contributed by atoms with Crippen LogP contribution in [0.3, 0.4) is 0 Å². The number of fused-ring (bicyclic) bond motifs is 5. The van der Waals surface area contributed by atoms with Gasteiger partial charge in [0.2, 0.25) is 0 Å². The summed E-state index contributed by atoms with van der Waals surface area (Å²) in [6, 6.07) is 0. The molecule has 0 bridgehead atoms. The van der Waals surface area contributed by atoms with E-state index in [0.29, 0.717) is 42.1 Å². The smallest absolute Gasteiger partial charge is 0.306 e. The molecule has 48 heavy (non-hydrogen) atoms. The van der Waals surface area contributed by atoms with Gasteiger partial charge in [0.25, 0.3) is 0 Å². The number of carbonyl (C=O) groups excluding carboxylic acids is 1. The van der Waals surface area contributed by atoms with E-state index in [4.69, 9.17) is 9.84 Å². The number of allylic oxidation sites excluding steroid dienone is 2. The molecule has 4 aliphatic rings. The molecule has 0 aromatic rings. The predicted octanol–water partition coefficient (Wildman–Crippen LogP) is 13.2. The highest BCUT2D eigenvalue weighted by Crippen LogP contribution is 2.68. The first-order chi connectivity index (χ1) is 23.2. The molecular formula is C45H80O3. The zero-order chi connectivity index (χ0) is 34.4. The highest BCUT2D eigenvalue weighted by Gasteiger charge is 2.63. The molecule has 8 atom stereocenters. The van der Waals surface area contributed by atoms with Crippen LogP contribution >= 0.6 is 0 Å². The Balaban J connectivity index is 1.22. The molecular weight excluding hydrogens is 588 g/mol. The van der Waals surface area contributed by atoms with Crippen LogP contribution in [0.1, 0.15) is 208 Å². The Kier molecular flexibility index (Phi) is 16.9. The molecule has 3 heteroatoms. The number of aliphatic hydroxyl groups excluding tert-OH is 1. The molecule has 0 aliphatic heterocycles. The van der Waals surface area contributed by atoms with E-state index in [2.05, 4.69) is 40.7 Å². The van der Waals surface area contributed by atoms with Crippen LogP contribution in [-0.2, 0) is 9.53 Å². The van der Waals surface area contributed by atoms with E-state index in [-0.39, 0.29) is 17.5 Å². The Morgan fingerprint density at radius 1 is 0.792 bits per heavy atom. The second kappa shape index (κ2) is 20.3. The monoisotopic (exact) mass is 669 g/mol. The molecule has 3 saturated carbocycles. The number of hydrogen-bond donors (Lipinski definition) is 1. The van der Waals surface area contributed by atoms with Gasteiger partial charge in [-0.25, -0.2) is 0 Å². The van der Waals surface area contributed by atoms with Crippen LogP contribution in [-0.4, -0.2) is 23.8 Å². The van der Waals surface area contributed by atoms with Crippen molar-refractivity contribution in [2.45, 2.75) is 214 Å². The van der Waals surface area contributed by atoms with Gasteiger partial charge in [-0.05, 0) is 98.7 Å². The summed E-state index contributed by atoms with van der Waals surface area (Å²) >= 11 is 0. The first-order valence-electron chi connectivity index (χ1n) is 21.7. The lowest BCUT2D eigenvalue weighted by Gasteiger charge is -2.60. The van der Waals surface area contributed by atoms with Gasteiger partial charge in [-0.3, -0.25) is 4.79 Å². The van der Waals surface area contributed by atoms with Crippen molar-refractivity contribution in [3.8, 4) is 0 Å². The van der Waals surface area contributed by atoms with Crippen LogP contribution in [0.15, 0.2) is 11.6 Å². The van der Waals surface area contributed by atoms with Crippen LogP contribution < -0.4 is 0 Å². The Morgan fingerprint density at radius 3 is 2.00 bits per heavy atom. The average Bonchev–Trinajstić information content (AvgIpc) is 3.43. The number of aliphatic hydroxyl groups is 1. The van der Waals surface area contributed by atoms with Gasteiger partial charge in [-0.1, -0.05) is 155 Å². The lowest BCUT2D eigenvalue weighted by molar-refractivity contribution is -0.182. The summed E-state index contributed by atoms with van der Waals surface area (Å²) in [5, 5.41) is 8.87. The fraction of sp³-hybridized carbons (Fsp3) is 0.933. The summed E-state index contributed by atoms with van der Waals surface area (Å²) in [4.78, 5) is 13.6. The Hall–Kier alpha value is -0.830. The van der Waals surface area contributed by atoms with Gasteiger partial charge in [-0.2, -0.15) is 0 Å². The summed E-state index contributed by atoms with van der Waals surface area (Å²) in [5.41, 5.74) is 2.21. The molecule has 0 aromatic carbocycles. The second-order valence-corrected chi connectivity index (χ2v) is 18.3. The normalized spacial score (nSPS) is 32.0. The van der Waals surface area contributed by atoms with E-state index in [1.165, 1.54) is 148 Å². The van der Waals surface area contributed by atoms with E-state index in [9.17, 15) is 4.79 Å². The summed E-state index contributed by atoms with van der Waals surface area (Å²) in [6.45, 7) is 12.8. The number of esters is 1.